The zero-order valence-electron chi connectivity index (χ0n) is 16.9. The minimum atomic E-state index is -0.488. The highest BCUT2D eigenvalue weighted by Gasteiger charge is 2.13. The lowest BCUT2D eigenvalue weighted by Crippen LogP contribution is -2.36. The van der Waals surface area contributed by atoms with E-state index in [1.165, 1.54) is 42.9 Å². The summed E-state index contributed by atoms with van der Waals surface area (Å²) in [4.78, 5) is 52.0. The third-order valence-corrected chi connectivity index (χ3v) is 4.10. The maximum atomic E-state index is 12.2. The van der Waals surface area contributed by atoms with Gasteiger partial charge in [-0.2, -0.15) is 0 Å². The van der Waals surface area contributed by atoms with Gasteiger partial charge in [0, 0.05) is 26.2 Å². The Morgan fingerprint density at radius 3 is 1.38 bits per heavy atom. The first kappa shape index (κ1) is 22.3. The molecule has 0 radical (unpaired) electrons. The fourth-order valence-corrected chi connectivity index (χ4v) is 2.56. The number of hydrogen-bond donors (Lipinski definition) is 4. The lowest BCUT2D eigenvalue weighted by atomic mass is 10.2. The minimum absolute atomic E-state index is 0.0566. The maximum Gasteiger partial charge on any atom is 0.287 e. The van der Waals surface area contributed by atoms with Crippen molar-refractivity contribution in [1.82, 2.24) is 26.3 Å². The van der Waals surface area contributed by atoms with E-state index in [9.17, 15) is 19.2 Å². The number of nitrogens with one attached hydrogen (secondary N) is 4. The van der Waals surface area contributed by atoms with Gasteiger partial charge in [0.1, 0.15) is 11.4 Å². The van der Waals surface area contributed by atoms with Gasteiger partial charge in [-0.25, -0.2) is 4.98 Å². The third kappa shape index (κ3) is 6.29. The van der Waals surface area contributed by atoms with Crippen molar-refractivity contribution in [3.63, 3.8) is 0 Å². The molecule has 0 aromatic carbocycles. The highest BCUT2D eigenvalue weighted by Crippen LogP contribution is 2.01. The number of hydrogen-bond acceptors (Lipinski definition) is 7. The lowest BCUT2D eigenvalue weighted by Gasteiger charge is -2.08. The summed E-state index contributed by atoms with van der Waals surface area (Å²) in [5.41, 5.74) is 0.113. The Kier molecular flexibility index (Phi) is 7.73. The van der Waals surface area contributed by atoms with Crippen molar-refractivity contribution in [2.75, 3.05) is 26.2 Å². The summed E-state index contributed by atoms with van der Waals surface area (Å²) in [6.07, 6.45) is 2.78. The smallest absolute Gasteiger partial charge is 0.287 e. The average molecular weight is 439 g/mol. The summed E-state index contributed by atoms with van der Waals surface area (Å²) < 4.78 is 9.94. The summed E-state index contributed by atoms with van der Waals surface area (Å²) in [7, 11) is 0. The first-order valence-corrected chi connectivity index (χ1v) is 9.71. The van der Waals surface area contributed by atoms with Gasteiger partial charge in [-0.3, -0.25) is 19.2 Å². The molecule has 0 bridgehead atoms. The van der Waals surface area contributed by atoms with E-state index in [4.69, 9.17) is 8.83 Å². The average Bonchev–Trinajstić information content (AvgIpc) is 3.53. The number of carbonyl (C=O) groups is 4. The predicted molar refractivity (Wildman–Crippen MR) is 111 cm³/mol. The van der Waals surface area contributed by atoms with Crippen molar-refractivity contribution in [2.24, 2.45) is 0 Å². The van der Waals surface area contributed by atoms with Crippen LogP contribution in [0.1, 0.15) is 42.1 Å². The zero-order valence-corrected chi connectivity index (χ0v) is 16.9. The van der Waals surface area contributed by atoms with E-state index in [2.05, 4.69) is 26.3 Å². The second kappa shape index (κ2) is 11.1. The molecule has 4 amide bonds. The Morgan fingerprint density at radius 1 is 0.594 bits per heavy atom. The molecule has 3 aromatic heterocycles. The van der Waals surface area contributed by atoms with Gasteiger partial charge in [0.15, 0.2) is 11.5 Å². The zero-order chi connectivity index (χ0) is 22.8. The topological polar surface area (TPSA) is 156 Å². The summed E-state index contributed by atoms with van der Waals surface area (Å²) in [6, 6.07) is 10.7. The summed E-state index contributed by atoms with van der Waals surface area (Å²) in [6.45, 7) is 0.710. The molecule has 3 heterocycles. The molecule has 32 heavy (non-hydrogen) atoms. The third-order valence-electron chi connectivity index (χ3n) is 4.10. The summed E-state index contributed by atoms with van der Waals surface area (Å²) in [5.74, 6) is -1.40. The second-order valence-corrected chi connectivity index (χ2v) is 6.39. The van der Waals surface area contributed by atoms with Crippen LogP contribution >= 0.6 is 0 Å². The maximum absolute atomic E-state index is 12.2. The van der Waals surface area contributed by atoms with Crippen molar-refractivity contribution in [3.05, 3.63) is 77.9 Å². The number of amides is 4. The van der Waals surface area contributed by atoms with Gasteiger partial charge in [-0.15, -0.1) is 0 Å². The Labute approximate surface area is 182 Å². The quantitative estimate of drug-likeness (QED) is 0.337. The van der Waals surface area contributed by atoms with E-state index < -0.39 is 11.8 Å². The van der Waals surface area contributed by atoms with Crippen LogP contribution in [0.2, 0.25) is 0 Å². The molecule has 0 saturated carbocycles. The number of furan rings is 2. The fraction of sp³-hybridized carbons (Fsp3) is 0.190. The van der Waals surface area contributed by atoms with Gasteiger partial charge in [-0.05, 0) is 36.4 Å². The number of aromatic nitrogens is 1. The summed E-state index contributed by atoms with van der Waals surface area (Å²) >= 11 is 0. The van der Waals surface area contributed by atoms with Gasteiger partial charge in [0.2, 0.25) is 0 Å². The van der Waals surface area contributed by atoms with E-state index in [0.717, 1.165) is 0 Å². The monoisotopic (exact) mass is 439 g/mol. The van der Waals surface area contributed by atoms with Crippen LogP contribution in [0.15, 0.2) is 63.8 Å². The highest BCUT2D eigenvalue weighted by atomic mass is 16.3. The molecule has 0 aliphatic carbocycles. The first-order valence-electron chi connectivity index (χ1n) is 9.71. The fourth-order valence-electron chi connectivity index (χ4n) is 2.56. The van der Waals surface area contributed by atoms with Crippen LogP contribution in [0, 0.1) is 0 Å². The van der Waals surface area contributed by atoms with E-state index >= 15 is 0 Å². The number of carbonyl (C=O) groups excluding carboxylic acids is 4. The normalized spacial score (nSPS) is 10.2. The van der Waals surface area contributed by atoms with Gasteiger partial charge in [0.05, 0.1) is 12.5 Å². The molecule has 0 spiro atoms. The molecular weight excluding hydrogens is 418 g/mol. The number of nitrogens with zero attached hydrogens (tertiary/aromatic N) is 1. The minimum Gasteiger partial charge on any atom is -0.459 e. The Hall–Kier alpha value is -4.41. The van der Waals surface area contributed by atoms with Crippen molar-refractivity contribution in [3.8, 4) is 0 Å². The Morgan fingerprint density at radius 2 is 1.00 bits per heavy atom. The van der Waals surface area contributed by atoms with Gasteiger partial charge < -0.3 is 30.1 Å². The Bertz CT molecular complexity index is 981. The van der Waals surface area contributed by atoms with E-state index in [1.54, 1.807) is 12.1 Å². The molecule has 0 aliphatic heterocycles. The molecular formula is C21H21N5O6. The van der Waals surface area contributed by atoms with Crippen LogP contribution in [-0.4, -0.2) is 54.8 Å². The van der Waals surface area contributed by atoms with Gasteiger partial charge in [-0.1, -0.05) is 6.07 Å². The van der Waals surface area contributed by atoms with E-state index in [-0.39, 0.29) is 60.9 Å². The number of pyridine rings is 1. The highest BCUT2D eigenvalue weighted by molar-refractivity contribution is 5.96. The van der Waals surface area contributed by atoms with Crippen LogP contribution in [0.3, 0.4) is 0 Å². The van der Waals surface area contributed by atoms with Crippen molar-refractivity contribution in [2.45, 2.75) is 0 Å². The molecule has 0 atom stereocenters. The first-order chi connectivity index (χ1) is 15.5. The molecule has 3 aromatic rings. The van der Waals surface area contributed by atoms with Crippen molar-refractivity contribution >= 4 is 23.6 Å². The van der Waals surface area contributed by atoms with Gasteiger partial charge >= 0.3 is 0 Å². The molecule has 11 heteroatoms. The van der Waals surface area contributed by atoms with E-state index in [1.807, 2.05) is 0 Å². The van der Waals surface area contributed by atoms with Crippen molar-refractivity contribution in [1.29, 1.82) is 0 Å². The molecule has 3 rings (SSSR count). The molecule has 4 N–H and O–H groups in total. The predicted octanol–water partition coefficient (Wildman–Crippen LogP) is 0.587. The Balaban J connectivity index is 1.39. The molecule has 0 fully saturated rings. The number of rotatable bonds is 10. The SMILES string of the molecule is O=C(NCCNC(=O)c1ccco1)c1cccc(C(=O)NCCNC(=O)c2ccco2)n1. The molecule has 11 nitrogen and oxygen atoms in total. The second-order valence-electron chi connectivity index (χ2n) is 6.39. The van der Waals surface area contributed by atoms with Crippen LogP contribution in [0.5, 0.6) is 0 Å². The largest absolute Gasteiger partial charge is 0.459 e. The molecule has 0 saturated heterocycles. The lowest BCUT2D eigenvalue weighted by molar-refractivity contribution is 0.0905. The molecule has 0 aliphatic rings. The molecule has 166 valence electrons. The van der Waals surface area contributed by atoms with Crippen LogP contribution in [0.25, 0.3) is 0 Å². The van der Waals surface area contributed by atoms with Crippen molar-refractivity contribution < 1.29 is 28.0 Å². The van der Waals surface area contributed by atoms with Gasteiger partial charge in [0.25, 0.3) is 23.6 Å². The standard InChI is InChI=1S/C21H21N5O6/c27-18(22-8-10-24-20(29)16-6-2-12-31-16)14-4-1-5-15(26-14)19(28)23-9-11-25-21(30)17-7-3-13-32-17/h1-7,12-13H,8-11H2,(H,22,27)(H,23,28)(H,24,29)(H,25,30). The van der Waals surface area contributed by atoms with Crippen LogP contribution in [-0.2, 0) is 0 Å². The van der Waals surface area contributed by atoms with E-state index in [0.29, 0.717) is 0 Å². The van der Waals surface area contributed by atoms with Crippen LogP contribution < -0.4 is 21.3 Å². The summed E-state index contributed by atoms with van der Waals surface area (Å²) in [5, 5.41) is 10.4. The van der Waals surface area contributed by atoms with Crippen LogP contribution in [0.4, 0.5) is 0 Å². The molecule has 0 unspecified atom stereocenters.